The van der Waals surface area contributed by atoms with Gasteiger partial charge in [0, 0.05) is 10.4 Å². The van der Waals surface area contributed by atoms with E-state index in [0.717, 1.165) is 0 Å². The summed E-state index contributed by atoms with van der Waals surface area (Å²) in [6.45, 7) is 0. The Morgan fingerprint density at radius 1 is 0.917 bits per heavy atom. The third kappa shape index (κ3) is 23000. The number of rotatable bonds is 0. The summed E-state index contributed by atoms with van der Waals surface area (Å²) in [7, 11) is -9.83. The molecule has 0 saturated heterocycles. The minimum absolute atomic E-state index is 0. The molecule has 0 saturated carbocycles. The van der Waals surface area contributed by atoms with Gasteiger partial charge in [-0.2, -0.15) is 8.42 Å². The van der Waals surface area contributed by atoms with E-state index < -0.39 is 20.8 Å². The SMILES string of the molecule is O.O=S(=O)(O)O.O=S(=O)([O-])[O-].[Ni+2]. The van der Waals surface area contributed by atoms with Crippen LogP contribution >= 0.6 is 0 Å². The molecule has 0 atom stereocenters. The Bertz CT molecular complexity index is 209. The first kappa shape index (κ1) is 22.8. The molecule has 0 spiro atoms. The van der Waals surface area contributed by atoms with Crippen molar-refractivity contribution in [3.05, 3.63) is 0 Å². The van der Waals surface area contributed by atoms with Crippen molar-refractivity contribution >= 4 is 20.8 Å². The summed E-state index contributed by atoms with van der Waals surface area (Å²) in [5, 5.41) is 0. The smallest absolute Gasteiger partial charge is 0.759 e. The predicted octanol–water partition coefficient (Wildman–Crippen LogP) is -2.82. The Labute approximate surface area is 78.2 Å². The molecule has 12 heavy (non-hydrogen) atoms. The fraction of sp³-hybridized carbons (Fsp3) is 0. The summed E-state index contributed by atoms with van der Waals surface area (Å²) in [6.07, 6.45) is 0. The van der Waals surface area contributed by atoms with Gasteiger partial charge in [0.25, 0.3) is 0 Å². The molecule has 0 unspecified atom stereocenters. The van der Waals surface area contributed by atoms with Crippen molar-refractivity contribution in [3.8, 4) is 0 Å². The number of hydrogen-bond donors (Lipinski definition) is 2. The maximum Gasteiger partial charge on any atom is 2.00 e. The van der Waals surface area contributed by atoms with Gasteiger partial charge in [0.15, 0.2) is 0 Å². The molecular weight excluding hydrogens is 267 g/mol. The molecule has 0 radical (unpaired) electrons. The van der Waals surface area contributed by atoms with Crippen LogP contribution in [0.25, 0.3) is 0 Å². The van der Waals surface area contributed by atoms with E-state index in [9.17, 15) is 0 Å². The molecule has 0 amide bonds. The molecule has 0 aliphatic rings. The molecule has 0 fully saturated rings. The van der Waals surface area contributed by atoms with Gasteiger partial charge >= 0.3 is 26.9 Å². The molecule has 0 aromatic carbocycles. The first-order chi connectivity index (χ1) is 4.00. The summed E-state index contributed by atoms with van der Waals surface area (Å²) in [5.41, 5.74) is 0. The maximum atomic E-state index is 8.74. The molecule has 0 aromatic rings. The van der Waals surface area contributed by atoms with E-state index in [2.05, 4.69) is 0 Å². The molecule has 0 rings (SSSR count). The van der Waals surface area contributed by atoms with E-state index in [4.69, 9.17) is 35.0 Å². The van der Waals surface area contributed by atoms with E-state index in [-0.39, 0.29) is 22.0 Å². The van der Waals surface area contributed by atoms with Gasteiger partial charge in [-0.25, -0.2) is 0 Å². The third-order valence-electron chi connectivity index (χ3n) is 0. The first-order valence-corrected chi connectivity index (χ1v) is 4.10. The molecule has 0 bridgehead atoms. The average molecular weight is 271 g/mol. The molecular formula is H4NiO9S2. The van der Waals surface area contributed by atoms with Crippen molar-refractivity contribution in [3.63, 3.8) is 0 Å². The zero-order valence-electron chi connectivity index (χ0n) is 4.98. The second-order valence-electron chi connectivity index (χ2n) is 0.856. The first-order valence-electron chi connectivity index (χ1n) is 1.37. The normalized spacial score (nSPS) is 9.67. The van der Waals surface area contributed by atoms with Gasteiger partial charge in [0.2, 0.25) is 0 Å². The summed E-state index contributed by atoms with van der Waals surface area (Å²) in [6, 6.07) is 0. The van der Waals surface area contributed by atoms with Crippen molar-refractivity contribution < 1.29 is 57.0 Å². The standard InChI is InChI=1S/Ni.2H2O4S.H2O/c;2*1-5(2,3)4;/h;2*(H2,1,2,3,4);1H2/q+2;;;/p-2. The minimum Gasteiger partial charge on any atom is -0.759 e. The van der Waals surface area contributed by atoms with Gasteiger partial charge in [-0.15, -0.1) is 0 Å². The summed E-state index contributed by atoms with van der Waals surface area (Å²) in [4.78, 5) is 0. The van der Waals surface area contributed by atoms with Crippen molar-refractivity contribution in [1.82, 2.24) is 0 Å². The summed E-state index contributed by atoms with van der Waals surface area (Å²) in [5.74, 6) is 0. The van der Waals surface area contributed by atoms with E-state index >= 15 is 0 Å². The second-order valence-corrected chi connectivity index (χ2v) is 2.57. The van der Waals surface area contributed by atoms with Gasteiger partial charge in [-0.05, 0) is 0 Å². The van der Waals surface area contributed by atoms with Crippen LogP contribution in [0.2, 0.25) is 0 Å². The Hall–Kier alpha value is 0.194. The molecule has 0 aromatic heterocycles. The van der Waals surface area contributed by atoms with Gasteiger partial charge in [0.05, 0.1) is 0 Å². The van der Waals surface area contributed by atoms with Crippen LogP contribution in [0.4, 0.5) is 0 Å². The molecule has 0 aliphatic carbocycles. The molecule has 80 valence electrons. The molecule has 9 nitrogen and oxygen atoms in total. The van der Waals surface area contributed by atoms with Crippen molar-refractivity contribution in [2.24, 2.45) is 0 Å². The second kappa shape index (κ2) is 7.82. The van der Waals surface area contributed by atoms with E-state index in [1.807, 2.05) is 0 Å². The fourth-order valence-corrected chi connectivity index (χ4v) is 0. The van der Waals surface area contributed by atoms with Gasteiger partial charge < -0.3 is 14.6 Å². The zero-order valence-corrected chi connectivity index (χ0v) is 7.60. The van der Waals surface area contributed by atoms with Crippen molar-refractivity contribution in [2.75, 3.05) is 0 Å². The van der Waals surface area contributed by atoms with Gasteiger partial charge in [0.1, 0.15) is 0 Å². The van der Waals surface area contributed by atoms with Crippen LogP contribution in [0.3, 0.4) is 0 Å². The van der Waals surface area contributed by atoms with Crippen LogP contribution in [0, 0.1) is 0 Å². The maximum absolute atomic E-state index is 8.74. The van der Waals surface area contributed by atoms with Gasteiger partial charge in [-0.3, -0.25) is 17.5 Å². The fourth-order valence-electron chi connectivity index (χ4n) is 0. The van der Waals surface area contributed by atoms with E-state index in [0.29, 0.717) is 0 Å². The largest absolute Gasteiger partial charge is 2.00 e. The number of hydrogen-bond acceptors (Lipinski definition) is 6. The van der Waals surface area contributed by atoms with Crippen LogP contribution in [-0.2, 0) is 37.3 Å². The van der Waals surface area contributed by atoms with Crippen molar-refractivity contribution in [2.45, 2.75) is 0 Å². The summed E-state index contributed by atoms with van der Waals surface area (Å²) < 4.78 is 65.7. The Balaban J connectivity index is -0.0000000457. The molecule has 12 heteroatoms. The third-order valence-corrected chi connectivity index (χ3v) is 0. The molecule has 0 aliphatic heterocycles. The molecule has 0 heterocycles. The predicted molar refractivity (Wildman–Crippen MR) is 28.3 cm³/mol. The Morgan fingerprint density at radius 3 is 0.917 bits per heavy atom. The van der Waals surface area contributed by atoms with Gasteiger partial charge in [-0.1, -0.05) is 0 Å². The van der Waals surface area contributed by atoms with Crippen LogP contribution in [-0.4, -0.2) is 40.5 Å². The summed E-state index contributed by atoms with van der Waals surface area (Å²) >= 11 is 0. The Kier molecular flexibility index (Phi) is 14.8. The Morgan fingerprint density at radius 2 is 0.917 bits per heavy atom. The van der Waals surface area contributed by atoms with Crippen molar-refractivity contribution in [1.29, 1.82) is 0 Å². The van der Waals surface area contributed by atoms with Crippen LogP contribution in [0.1, 0.15) is 0 Å². The van der Waals surface area contributed by atoms with E-state index in [1.165, 1.54) is 0 Å². The molecule has 4 N–H and O–H groups in total. The van der Waals surface area contributed by atoms with Crippen LogP contribution in [0.15, 0.2) is 0 Å². The van der Waals surface area contributed by atoms with E-state index in [1.54, 1.807) is 0 Å². The minimum atomic E-state index is -5.17. The average Bonchev–Trinajstić information content (AvgIpc) is 1.12. The van der Waals surface area contributed by atoms with Crippen LogP contribution < -0.4 is 0 Å². The topological polar surface area (TPSA) is 186 Å². The zero-order chi connectivity index (χ0) is 9.00. The van der Waals surface area contributed by atoms with Crippen LogP contribution in [0.5, 0.6) is 0 Å². The monoisotopic (exact) mass is 270 g/mol. The quantitative estimate of drug-likeness (QED) is 0.268.